The Morgan fingerprint density at radius 3 is 1.89 bits per heavy atom. The minimum absolute atomic E-state index is 0.239. The zero-order valence-corrected chi connectivity index (χ0v) is 12.1. The number of hydrogen-bond donors (Lipinski definition) is 1. The van der Waals surface area contributed by atoms with E-state index in [-0.39, 0.29) is 6.61 Å². The summed E-state index contributed by atoms with van der Waals surface area (Å²) in [7, 11) is 3.42. The summed E-state index contributed by atoms with van der Waals surface area (Å²) >= 11 is 0. The van der Waals surface area contributed by atoms with Crippen LogP contribution in [-0.2, 0) is 6.42 Å². The molecule has 0 unspecified atom stereocenters. The van der Waals surface area contributed by atoms with Crippen LogP contribution in [-0.4, -0.2) is 25.9 Å². The Morgan fingerprint density at radius 1 is 0.833 bits per heavy atom. The van der Waals surface area contributed by atoms with E-state index >= 15 is 0 Å². The average Bonchev–Trinajstić information content (AvgIpc) is 2.36. The highest BCUT2D eigenvalue weighted by molar-refractivity contribution is 5.58. The standard InChI is InChI=1S/C15H24O3/c1-10-11(2)15(18-5)13(8-6-7-9-16)12(3)14(10)17-4/h16H,6-9H2,1-5H3. The van der Waals surface area contributed by atoms with Crippen molar-refractivity contribution in [1.29, 1.82) is 0 Å². The second-order valence-electron chi connectivity index (χ2n) is 4.60. The van der Waals surface area contributed by atoms with Crippen LogP contribution in [0.2, 0.25) is 0 Å². The minimum atomic E-state index is 0.239. The summed E-state index contributed by atoms with van der Waals surface area (Å²) in [5, 5.41) is 8.88. The first-order chi connectivity index (χ1) is 8.58. The molecule has 3 heteroatoms. The first kappa shape index (κ1) is 14.8. The molecule has 1 rings (SSSR count). The van der Waals surface area contributed by atoms with Crippen LogP contribution in [0.15, 0.2) is 0 Å². The predicted octanol–water partition coefficient (Wildman–Crippen LogP) is 2.94. The van der Waals surface area contributed by atoms with Crippen molar-refractivity contribution in [2.75, 3.05) is 20.8 Å². The van der Waals surface area contributed by atoms with Crippen LogP contribution < -0.4 is 9.47 Å². The summed E-state index contributed by atoms with van der Waals surface area (Å²) in [6, 6.07) is 0. The molecule has 0 aliphatic rings. The molecule has 0 heterocycles. The molecule has 0 fully saturated rings. The van der Waals surface area contributed by atoms with Crippen molar-refractivity contribution in [3.8, 4) is 11.5 Å². The van der Waals surface area contributed by atoms with Crippen LogP contribution >= 0.6 is 0 Å². The molecule has 3 nitrogen and oxygen atoms in total. The van der Waals surface area contributed by atoms with Gasteiger partial charge in [0.1, 0.15) is 11.5 Å². The Hall–Kier alpha value is -1.22. The van der Waals surface area contributed by atoms with E-state index in [9.17, 15) is 0 Å². The second-order valence-corrected chi connectivity index (χ2v) is 4.60. The fourth-order valence-corrected chi connectivity index (χ4v) is 2.45. The van der Waals surface area contributed by atoms with Gasteiger partial charge >= 0.3 is 0 Å². The van der Waals surface area contributed by atoms with Gasteiger partial charge in [-0.2, -0.15) is 0 Å². The molecule has 0 radical (unpaired) electrons. The number of unbranched alkanes of at least 4 members (excludes halogenated alkanes) is 1. The minimum Gasteiger partial charge on any atom is -0.496 e. The molecule has 0 aliphatic carbocycles. The molecule has 0 bridgehead atoms. The van der Waals surface area contributed by atoms with Gasteiger partial charge in [0, 0.05) is 12.2 Å². The van der Waals surface area contributed by atoms with Crippen LogP contribution in [0.4, 0.5) is 0 Å². The van der Waals surface area contributed by atoms with Crippen molar-refractivity contribution >= 4 is 0 Å². The van der Waals surface area contributed by atoms with E-state index in [4.69, 9.17) is 14.6 Å². The zero-order valence-electron chi connectivity index (χ0n) is 12.1. The number of aliphatic hydroxyl groups excluding tert-OH is 1. The van der Waals surface area contributed by atoms with E-state index in [1.165, 1.54) is 5.56 Å². The summed E-state index contributed by atoms with van der Waals surface area (Å²) in [6.45, 7) is 6.43. The topological polar surface area (TPSA) is 38.7 Å². The van der Waals surface area contributed by atoms with Crippen molar-refractivity contribution in [3.63, 3.8) is 0 Å². The van der Waals surface area contributed by atoms with Crippen molar-refractivity contribution in [3.05, 3.63) is 22.3 Å². The lowest BCUT2D eigenvalue weighted by atomic mass is 9.94. The van der Waals surface area contributed by atoms with Crippen molar-refractivity contribution in [2.45, 2.75) is 40.0 Å². The maximum absolute atomic E-state index is 8.88. The quantitative estimate of drug-likeness (QED) is 0.791. The van der Waals surface area contributed by atoms with Gasteiger partial charge in [0.2, 0.25) is 0 Å². The van der Waals surface area contributed by atoms with Gasteiger partial charge in [-0.15, -0.1) is 0 Å². The molecular formula is C15H24O3. The number of aliphatic hydroxyl groups is 1. The van der Waals surface area contributed by atoms with Gasteiger partial charge < -0.3 is 14.6 Å². The van der Waals surface area contributed by atoms with Gasteiger partial charge in [-0.05, 0) is 56.7 Å². The van der Waals surface area contributed by atoms with Crippen molar-refractivity contribution < 1.29 is 14.6 Å². The average molecular weight is 252 g/mol. The zero-order chi connectivity index (χ0) is 13.7. The smallest absolute Gasteiger partial charge is 0.125 e. The SMILES string of the molecule is COc1c(C)c(C)c(OC)c(CCCCO)c1C. The monoisotopic (exact) mass is 252 g/mol. The van der Waals surface area contributed by atoms with E-state index in [0.29, 0.717) is 0 Å². The van der Waals surface area contributed by atoms with Gasteiger partial charge in [0.15, 0.2) is 0 Å². The molecule has 0 saturated heterocycles. The summed E-state index contributed by atoms with van der Waals surface area (Å²) in [6.07, 6.45) is 2.68. The maximum atomic E-state index is 8.88. The fraction of sp³-hybridized carbons (Fsp3) is 0.600. The fourth-order valence-electron chi connectivity index (χ4n) is 2.45. The maximum Gasteiger partial charge on any atom is 0.125 e. The van der Waals surface area contributed by atoms with E-state index in [2.05, 4.69) is 20.8 Å². The summed E-state index contributed by atoms with van der Waals surface area (Å²) in [5.41, 5.74) is 4.62. The Balaban J connectivity index is 3.24. The molecule has 18 heavy (non-hydrogen) atoms. The summed E-state index contributed by atoms with van der Waals surface area (Å²) < 4.78 is 11.0. The Morgan fingerprint density at radius 2 is 1.39 bits per heavy atom. The number of rotatable bonds is 6. The van der Waals surface area contributed by atoms with Crippen LogP contribution in [0, 0.1) is 20.8 Å². The predicted molar refractivity (Wildman–Crippen MR) is 73.8 cm³/mol. The lowest BCUT2D eigenvalue weighted by molar-refractivity contribution is 0.284. The number of hydrogen-bond acceptors (Lipinski definition) is 3. The largest absolute Gasteiger partial charge is 0.496 e. The second kappa shape index (κ2) is 6.64. The van der Waals surface area contributed by atoms with E-state index in [1.54, 1.807) is 14.2 Å². The highest BCUT2D eigenvalue weighted by atomic mass is 16.5. The van der Waals surface area contributed by atoms with Gasteiger partial charge in [0.05, 0.1) is 14.2 Å². The summed E-state index contributed by atoms with van der Waals surface area (Å²) in [4.78, 5) is 0. The van der Waals surface area contributed by atoms with Crippen LogP contribution in [0.5, 0.6) is 11.5 Å². The van der Waals surface area contributed by atoms with Crippen LogP contribution in [0.3, 0.4) is 0 Å². The Bertz CT molecular complexity index is 411. The van der Waals surface area contributed by atoms with Crippen LogP contribution in [0.1, 0.15) is 35.1 Å². The van der Waals surface area contributed by atoms with Gasteiger partial charge in [0.25, 0.3) is 0 Å². The number of benzene rings is 1. The lowest BCUT2D eigenvalue weighted by Gasteiger charge is -2.20. The van der Waals surface area contributed by atoms with E-state index in [0.717, 1.165) is 47.5 Å². The molecule has 0 aliphatic heterocycles. The van der Waals surface area contributed by atoms with Gasteiger partial charge in [-0.25, -0.2) is 0 Å². The molecule has 0 aromatic heterocycles. The molecule has 0 spiro atoms. The van der Waals surface area contributed by atoms with Gasteiger partial charge in [-0.3, -0.25) is 0 Å². The van der Waals surface area contributed by atoms with Crippen molar-refractivity contribution in [2.24, 2.45) is 0 Å². The third-order valence-corrected chi connectivity index (χ3v) is 3.55. The molecule has 102 valence electrons. The molecule has 0 amide bonds. The molecule has 0 atom stereocenters. The third-order valence-electron chi connectivity index (χ3n) is 3.55. The number of ether oxygens (including phenoxy) is 2. The van der Waals surface area contributed by atoms with E-state index < -0.39 is 0 Å². The summed E-state index contributed by atoms with van der Waals surface area (Å²) in [5.74, 6) is 1.91. The lowest BCUT2D eigenvalue weighted by Crippen LogP contribution is -2.04. The molecule has 0 saturated carbocycles. The molecule has 1 aromatic rings. The molecule has 1 aromatic carbocycles. The Kier molecular flexibility index (Phi) is 5.48. The van der Waals surface area contributed by atoms with E-state index in [1.807, 2.05) is 0 Å². The normalized spacial score (nSPS) is 10.6. The van der Waals surface area contributed by atoms with Crippen LogP contribution in [0.25, 0.3) is 0 Å². The highest BCUT2D eigenvalue weighted by Crippen LogP contribution is 2.38. The first-order valence-corrected chi connectivity index (χ1v) is 6.39. The van der Waals surface area contributed by atoms with Crippen molar-refractivity contribution in [1.82, 2.24) is 0 Å². The third kappa shape index (κ3) is 2.78. The molecule has 1 N–H and O–H groups in total. The Labute approximate surface area is 110 Å². The van der Waals surface area contributed by atoms with Gasteiger partial charge in [-0.1, -0.05) is 0 Å². The number of methoxy groups -OCH3 is 2. The molecular weight excluding hydrogens is 228 g/mol. The first-order valence-electron chi connectivity index (χ1n) is 6.39. The highest BCUT2D eigenvalue weighted by Gasteiger charge is 2.17.